The van der Waals surface area contributed by atoms with Crippen LogP contribution in [0.3, 0.4) is 0 Å². The molecule has 1 aromatic rings. The SMILES string of the molecule is CCCCCCCCCCCC(=O)O[C@H]1CN(C)C([C@H](OC2O[C@H](CN)[C@@H](O)[C@H]2O)C2OC(n3ccc(=O)[nH]c3=O)[C@H](O)[C@@H]2O)C(=O)N(C)C1C(=O)OC. The number of nitrogens with zero attached hydrogens (tertiary/aromatic N) is 3. The summed E-state index contributed by atoms with van der Waals surface area (Å²) in [7, 11) is 3.90. The highest BCUT2D eigenvalue weighted by atomic mass is 16.7. The second-order valence-electron chi connectivity index (χ2n) is 14.3. The molecule has 1 aromatic heterocycles. The van der Waals surface area contributed by atoms with Crippen molar-refractivity contribution in [1.29, 1.82) is 0 Å². The molecule has 0 bridgehead atoms. The molecule has 0 aliphatic carbocycles. The molecule has 5 unspecified atom stereocenters. The summed E-state index contributed by atoms with van der Waals surface area (Å²) in [6, 6.07) is -1.90. The number of aromatic nitrogens is 2. The zero-order valence-electron chi connectivity index (χ0n) is 31.4. The molecule has 0 saturated carbocycles. The van der Waals surface area contributed by atoms with Crippen molar-refractivity contribution in [3.63, 3.8) is 0 Å². The first kappa shape index (κ1) is 43.5. The van der Waals surface area contributed by atoms with Gasteiger partial charge in [0, 0.05) is 38.8 Å². The van der Waals surface area contributed by atoms with Gasteiger partial charge in [-0.25, -0.2) is 9.59 Å². The van der Waals surface area contributed by atoms with Crippen molar-refractivity contribution in [2.24, 2.45) is 5.73 Å². The van der Waals surface area contributed by atoms with Crippen LogP contribution in [0.4, 0.5) is 0 Å². The summed E-state index contributed by atoms with van der Waals surface area (Å²) >= 11 is 0. The standard InChI is InChI=1S/C35H57N5O14/c1-5-6-7-8-9-10-11-12-13-14-22(42)51-20-18-38(2)24(31(47)39(3)23(20)33(48)50-4)29(54-34-28(46)25(43)19(17-36)52-34)30-26(44)27(45)32(53-30)40-16-15-21(41)37-35(40)49/h15-16,19-20,23-30,32,34,43-46H,5-14,17-18,36H2,1-4H3,(H,37,41,49)/t19-,20+,23?,24?,25-,26+,27-,28-,29+,30?,32?,34?/m1/s1. The maximum Gasteiger partial charge on any atom is 0.332 e. The van der Waals surface area contributed by atoms with Crippen LogP contribution >= 0.6 is 0 Å². The molecule has 306 valence electrons. The minimum atomic E-state index is -1.84. The van der Waals surface area contributed by atoms with E-state index in [-0.39, 0.29) is 19.5 Å². The Morgan fingerprint density at radius 1 is 0.944 bits per heavy atom. The van der Waals surface area contributed by atoms with Gasteiger partial charge in [-0.3, -0.25) is 28.8 Å². The van der Waals surface area contributed by atoms with Gasteiger partial charge in [0.2, 0.25) is 5.91 Å². The number of hydrogen-bond acceptors (Lipinski definition) is 16. The van der Waals surface area contributed by atoms with Gasteiger partial charge in [-0.05, 0) is 13.5 Å². The molecule has 19 heteroatoms. The second-order valence-corrected chi connectivity index (χ2v) is 14.3. The van der Waals surface area contributed by atoms with Crippen molar-refractivity contribution in [3.05, 3.63) is 33.1 Å². The van der Waals surface area contributed by atoms with Crippen LogP contribution < -0.4 is 17.0 Å². The predicted octanol–water partition coefficient (Wildman–Crippen LogP) is -1.91. The van der Waals surface area contributed by atoms with E-state index in [1.165, 1.54) is 44.7 Å². The van der Waals surface area contributed by atoms with E-state index in [0.717, 1.165) is 54.5 Å². The van der Waals surface area contributed by atoms with Crippen molar-refractivity contribution in [3.8, 4) is 0 Å². The number of carbonyl (C=O) groups excluding carboxylic acids is 3. The molecular formula is C35H57N5O14. The number of H-pyrrole nitrogens is 1. The van der Waals surface area contributed by atoms with E-state index in [2.05, 4.69) is 6.92 Å². The number of aromatic amines is 1. The lowest BCUT2D eigenvalue weighted by Gasteiger charge is -2.38. The molecular weight excluding hydrogens is 714 g/mol. The minimum Gasteiger partial charge on any atom is -0.467 e. The van der Waals surface area contributed by atoms with Gasteiger partial charge in [-0.1, -0.05) is 58.3 Å². The van der Waals surface area contributed by atoms with Crippen molar-refractivity contribution >= 4 is 17.8 Å². The summed E-state index contributed by atoms with van der Waals surface area (Å²) in [5.41, 5.74) is 4.01. The zero-order chi connectivity index (χ0) is 39.7. The monoisotopic (exact) mass is 771 g/mol. The third-order valence-electron chi connectivity index (χ3n) is 10.4. The lowest BCUT2D eigenvalue weighted by Crippen LogP contribution is -2.59. The molecule has 4 rings (SSSR count). The maximum atomic E-state index is 14.4. The maximum absolute atomic E-state index is 14.4. The Labute approximate surface area is 313 Å². The number of likely N-dealkylation sites (N-methyl/N-ethyl adjacent to an activating group) is 2. The lowest BCUT2D eigenvalue weighted by atomic mass is 9.97. The van der Waals surface area contributed by atoms with Gasteiger partial charge in [0.05, 0.1) is 7.11 Å². The molecule has 19 nitrogen and oxygen atoms in total. The van der Waals surface area contributed by atoms with E-state index in [4.69, 9.17) is 29.4 Å². The number of aliphatic hydroxyl groups excluding tert-OH is 4. The summed E-state index contributed by atoms with van der Waals surface area (Å²) in [6.45, 7) is 1.72. The average Bonchev–Trinajstić information content (AvgIpc) is 3.55. The number of nitrogens with one attached hydrogen (secondary N) is 1. The number of unbranched alkanes of at least 4 members (excludes halogenated alkanes) is 8. The molecule has 3 aliphatic heterocycles. The van der Waals surface area contributed by atoms with Crippen molar-refractivity contribution in [2.45, 2.75) is 145 Å². The van der Waals surface area contributed by atoms with Gasteiger partial charge in [-0.2, -0.15) is 0 Å². The van der Waals surface area contributed by atoms with Crippen LogP contribution in [-0.4, -0.2) is 159 Å². The Morgan fingerprint density at radius 2 is 1.59 bits per heavy atom. The predicted molar refractivity (Wildman–Crippen MR) is 189 cm³/mol. The van der Waals surface area contributed by atoms with Crippen molar-refractivity contribution in [1.82, 2.24) is 19.4 Å². The van der Waals surface area contributed by atoms with Crippen LogP contribution in [-0.2, 0) is 38.1 Å². The summed E-state index contributed by atoms with van der Waals surface area (Å²) < 4.78 is 29.5. The van der Waals surface area contributed by atoms with Crippen LogP contribution in [0.2, 0.25) is 0 Å². The Kier molecular flexibility index (Phi) is 16.1. The largest absolute Gasteiger partial charge is 0.467 e. The molecule has 1 amide bonds. The molecule has 0 radical (unpaired) electrons. The third-order valence-corrected chi connectivity index (χ3v) is 10.4. The number of methoxy groups -OCH3 is 1. The van der Waals surface area contributed by atoms with E-state index in [9.17, 15) is 44.4 Å². The Morgan fingerprint density at radius 3 is 2.19 bits per heavy atom. The molecule has 54 heavy (non-hydrogen) atoms. The number of rotatable bonds is 18. The van der Waals surface area contributed by atoms with Crippen LogP contribution in [0.15, 0.2) is 21.9 Å². The van der Waals surface area contributed by atoms with E-state index in [0.29, 0.717) is 6.42 Å². The summed E-state index contributed by atoms with van der Waals surface area (Å²) in [6.07, 6.45) is -5.08. The normalized spacial score (nSPS) is 32.4. The molecule has 3 fully saturated rings. The molecule has 12 atom stereocenters. The van der Waals surface area contributed by atoms with E-state index in [1.807, 2.05) is 4.98 Å². The van der Waals surface area contributed by atoms with Crippen LogP contribution in [0.1, 0.15) is 77.4 Å². The quantitative estimate of drug-likeness (QED) is 0.0703. The van der Waals surface area contributed by atoms with Gasteiger partial charge in [0.15, 0.2) is 18.6 Å². The molecule has 0 spiro atoms. The Hall–Kier alpha value is -3.27. The number of esters is 2. The van der Waals surface area contributed by atoms with Gasteiger partial charge < -0.3 is 54.7 Å². The molecule has 0 aromatic carbocycles. The van der Waals surface area contributed by atoms with Crippen LogP contribution in [0, 0.1) is 0 Å². The second kappa shape index (κ2) is 20.1. The highest BCUT2D eigenvalue weighted by Gasteiger charge is 2.57. The van der Waals surface area contributed by atoms with Gasteiger partial charge in [0.1, 0.15) is 54.9 Å². The number of ether oxygens (including phenoxy) is 5. The number of aliphatic hydroxyl groups is 4. The van der Waals surface area contributed by atoms with Gasteiger partial charge >= 0.3 is 17.6 Å². The van der Waals surface area contributed by atoms with Crippen LogP contribution in [0.25, 0.3) is 0 Å². The highest BCUT2D eigenvalue weighted by molar-refractivity contribution is 5.89. The van der Waals surface area contributed by atoms with Crippen LogP contribution in [0.5, 0.6) is 0 Å². The van der Waals surface area contributed by atoms with Gasteiger partial charge in [-0.15, -0.1) is 0 Å². The smallest absolute Gasteiger partial charge is 0.332 e. The third kappa shape index (κ3) is 10.1. The average molecular weight is 772 g/mol. The van der Waals surface area contributed by atoms with Gasteiger partial charge in [0.25, 0.3) is 5.56 Å². The van der Waals surface area contributed by atoms with Crippen molar-refractivity contribution in [2.75, 3.05) is 34.3 Å². The topological polar surface area (TPSA) is 266 Å². The number of carbonyl (C=O) groups is 3. The molecule has 3 aliphatic rings. The van der Waals surface area contributed by atoms with Crippen molar-refractivity contribution < 1.29 is 58.5 Å². The minimum absolute atomic E-state index is 0.0871. The fourth-order valence-corrected chi connectivity index (χ4v) is 7.34. The molecule has 7 N–H and O–H groups in total. The highest BCUT2D eigenvalue weighted by Crippen LogP contribution is 2.36. The zero-order valence-corrected chi connectivity index (χ0v) is 31.4. The first-order chi connectivity index (χ1) is 25.7. The lowest BCUT2D eigenvalue weighted by molar-refractivity contribution is -0.233. The van der Waals surface area contributed by atoms with E-state index >= 15 is 0 Å². The summed E-state index contributed by atoms with van der Waals surface area (Å²) in [4.78, 5) is 69.6. The summed E-state index contributed by atoms with van der Waals surface area (Å²) in [5, 5.41) is 43.8. The number of amides is 1. The fraction of sp³-hybridized carbons (Fsp3) is 0.800. The number of hydrogen-bond donors (Lipinski definition) is 6. The molecule has 4 heterocycles. The first-order valence-corrected chi connectivity index (χ1v) is 18.7. The van der Waals surface area contributed by atoms with E-state index < -0.39 is 103 Å². The number of nitrogens with two attached hydrogens (primary N) is 1. The Bertz CT molecular complexity index is 1510. The first-order valence-electron chi connectivity index (χ1n) is 18.7. The molecule has 3 saturated heterocycles. The fourth-order valence-electron chi connectivity index (χ4n) is 7.34. The summed E-state index contributed by atoms with van der Waals surface area (Å²) in [5.74, 6) is -2.24. The van der Waals surface area contributed by atoms with E-state index in [1.54, 1.807) is 0 Å². The Balaban J connectivity index is 1.59.